The number of hydrogen-bond acceptors (Lipinski definition) is 7. The SMILES string of the molecule is Cc1nc2ccccc2n1-c1ccc(-c2c3ccccc3c(-c3ccc4oc5c6ccccc6ccc5c4c3)c3ccccc23)cc1.c1cc(-c2ccc3ccc4cccnc4c3n2)cc(-c2c3ccccc3c(-c3ccc4oc5c6ccccc6ccc5c4c3)c3ccccc23)c1.c1ccc2c(c1)ccc1c3cc(-c4c5ccccc5c(-c5ccc6c(c5)c5ccccc5c5nc7ccccc7n65)c5ccccc45)ccc3oc21. The summed E-state index contributed by atoms with van der Waals surface area (Å²) < 4.78 is 24.0. The topological polar surface area (TPSA) is 100 Å². The first-order valence-corrected chi connectivity index (χ1v) is 51.2. The van der Waals surface area contributed by atoms with Crippen LogP contribution in [0.2, 0.25) is 0 Å². The lowest BCUT2D eigenvalue weighted by Gasteiger charge is -2.18. The third-order valence-corrected chi connectivity index (χ3v) is 31.3. The minimum absolute atomic E-state index is 0.901. The van der Waals surface area contributed by atoms with Gasteiger partial charge in [0.15, 0.2) is 0 Å². The largest absolute Gasteiger partial charge is 0.455 e. The lowest BCUT2D eigenvalue weighted by molar-refractivity contribution is 0.672. The number of imidazole rings is 2. The van der Waals surface area contributed by atoms with Crippen LogP contribution in [-0.4, -0.2) is 28.9 Å². The lowest BCUT2D eigenvalue weighted by Crippen LogP contribution is -1.97. The van der Waals surface area contributed by atoms with Crippen molar-refractivity contribution in [3.05, 3.63) is 497 Å². The van der Waals surface area contributed by atoms with E-state index in [0.29, 0.717) is 0 Å². The molecule has 0 saturated carbocycles. The van der Waals surface area contributed by atoms with E-state index in [9.17, 15) is 0 Å². The third kappa shape index (κ3) is 13.2. The smallest absolute Gasteiger partial charge is 0.146 e. The predicted octanol–water partition coefficient (Wildman–Crippen LogP) is 38.7. The van der Waals surface area contributed by atoms with E-state index in [0.717, 1.165) is 171 Å². The molecule has 0 aliphatic heterocycles. The van der Waals surface area contributed by atoms with Crippen LogP contribution in [0.25, 0.3) is 318 Å². The van der Waals surface area contributed by atoms with Gasteiger partial charge in [-0.15, -0.1) is 0 Å². The van der Waals surface area contributed by atoms with Crippen LogP contribution in [0.5, 0.6) is 0 Å². The molecule has 696 valence electrons. The first kappa shape index (κ1) is 84.5. The molecule has 0 saturated heterocycles. The Bertz CT molecular complexity index is 11400. The zero-order valence-electron chi connectivity index (χ0n) is 81.2. The van der Waals surface area contributed by atoms with Crippen LogP contribution in [0.1, 0.15) is 5.82 Å². The Labute approximate surface area is 857 Å². The van der Waals surface area contributed by atoms with Gasteiger partial charge in [-0.05, 0) is 281 Å². The molecular weight excluding hydrogens is 1830 g/mol. The Kier molecular flexibility index (Phi) is 18.9. The van der Waals surface area contributed by atoms with Crippen molar-refractivity contribution in [2.45, 2.75) is 6.92 Å². The van der Waals surface area contributed by atoms with E-state index in [1.807, 2.05) is 18.3 Å². The molecule has 0 atom stereocenters. The quantitative estimate of drug-likeness (QED) is 0.110. The molecule has 150 heavy (non-hydrogen) atoms. The summed E-state index contributed by atoms with van der Waals surface area (Å²) in [7, 11) is 0. The summed E-state index contributed by atoms with van der Waals surface area (Å²) in [5.41, 5.74) is 31.4. The van der Waals surface area contributed by atoms with Gasteiger partial charge in [-0.2, -0.15) is 0 Å². The molecule has 25 aromatic carbocycles. The molecule has 0 bridgehead atoms. The Hall–Kier alpha value is -20.0. The molecule has 33 rings (SSSR count). The number of aryl methyl sites for hydroxylation is 1. The van der Waals surface area contributed by atoms with E-state index in [1.165, 1.54) is 153 Å². The van der Waals surface area contributed by atoms with Gasteiger partial charge >= 0.3 is 0 Å². The van der Waals surface area contributed by atoms with Crippen LogP contribution in [0.3, 0.4) is 0 Å². The molecule has 0 N–H and O–H groups in total. The number of hydrogen-bond donors (Lipinski definition) is 0. The highest BCUT2D eigenvalue weighted by molar-refractivity contribution is 6.29. The van der Waals surface area contributed by atoms with E-state index in [-0.39, 0.29) is 0 Å². The summed E-state index contributed by atoms with van der Waals surface area (Å²) in [5, 5.41) is 34.3. The number of benzene rings is 25. The van der Waals surface area contributed by atoms with Crippen molar-refractivity contribution in [3.8, 4) is 83.7 Å². The maximum absolute atomic E-state index is 6.51. The van der Waals surface area contributed by atoms with E-state index in [4.69, 9.17) is 28.2 Å². The molecule has 0 fully saturated rings. The van der Waals surface area contributed by atoms with E-state index >= 15 is 0 Å². The van der Waals surface area contributed by atoms with E-state index < -0.39 is 0 Å². The van der Waals surface area contributed by atoms with Crippen molar-refractivity contribution in [2.75, 3.05) is 0 Å². The Balaban J connectivity index is 0.000000101. The van der Waals surface area contributed by atoms with Gasteiger partial charge in [0.2, 0.25) is 0 Å². The molecular formula is C141H84N6O3. The predicted molar refractivity (Wildman–Crippen MR) is 628 cm³/mol. The molecule has 9 heteroatoms. The molecule has 33 aromatic rings. The van der Waals surface area contributed by atoms with Crippen molar-refractivity contribution >= 4 is 234 Å². The zero-order valence-corrected chi connectivity index (χ0v) is 81.2. The molecule has 0 aliphatic rings. The Morgan fingerprint density at radius 2 is 0.527 bits per heavy atom. The highest BCUT2D eigenvalue weighted by Crippen LogP contribution is 2.52. The van der Waals surface area contributed by atoms with Crippen molar-refractivity contribution in [1.82, 2.24) is 28.9 Å². The van der Waals surface area contributed by atoms with Crippen LogP contribution >= 0.6 is 0 Å². The third-order valence-electron chi connectivity index (χ3n) is 31.3. The van der Waals surface area contributed by atoms with Gasteiger partial charge < -0.3 is 13.3 Å². The summed E-state index contributed by atoms with van der Waals surface area (Å²) in [6, 6.07) is 174. The van der Waals surface area contributed by atoms with Gasteiger partial charge in [0.05, 0.1) is 44.3 Å². The lowest BCUT2D eigenvalue weighted by atomic mass is 9.85. The number of furan rings is 3. The standard InChI is InChI=1S/C49H28N2O.C48H28N2O.C44H28N2O/c1-2-12-32-29(11-1)21-24-38-41-28-31(23-26-45(41)52-48(32)38)47-36-16-6-4-14-34(36)46(35-15-5-7-17-37(35)47)30-22-25-43-40(27-30)33-13-3-8-18-39(33)49-50-42-19-9-10-20-44(42)51(43)49;1-2-13-35-29(9-1)20-23-40-41-28-34(22-25-43(41)51-48(35)40)45-38-16-5-3-14-36(38)44(37-15-4-6-17-39(37)45)33-11-7-10-32(27-33)42-24-21-31-19-18-30-12-8-26-49-46(30)47(31)50-42;1-27-45-39-16-8-9-17-40(39)46(27)31-22-18-29(19-23-31)42-33-12-4-6-14-35(33)43(36-15-7-5-13-34(36)42)30-21-25-41-38(26-30)37-24-20-28-10-2-3-11-32(28)44(37)47-41/h1-28H;1-28H;2-26H,1H3. The minimum atomic E-state index is 0.901. The molecule has 9 nitrogen and oxygen atoms in total. The number of rotatable bonds is 8. The van der Waals surface area contributed by atoms with Gasteiger partial charge in [-0.25, -0.2) is 15.0 Å². The monoisotopic (exact) mass is 1910 g/mol. The van der Waals surface area contributed by atoms with Crippen molar-refractivity contribution in [3.63, 3.8) is 0 Å². The molecule has 0 radical (unpaired) electrons. The van der Waals surface area contributed by atoms with Crippen LogP contribution < -0.4 is 0 Å². The second kappa shape index (κ2) is 33.5. The molecule has 0 amide bonds. The summed E-state index contributed by atoms with van der Waals surface area (Å²) in [5.74, 6) is 0.981. The van der Waals surface area contributed by atoms with Gasteiger partial charge in [-0.3, -0.25) is 14.0 Å². The number of fused-ring (bicyclic) bond motifs is 33. The first-order chi connectivity index (χ1) is 74.3. The van der Waals surface area contributed by atoms with Crippen molar-refractivity contribution in [1.29, 1.82) is 0 Å². The van der Waals surface area contributed by atoms with Gasteiger partial charge in [0.25, 0.3) is 0 Å². The summed E-state index contributed by atoms with van der Waals surface area (Å²) in [4.78, 5) is 19.7. The molecule has 0 unspecified atom stereocenters. The molecule has 0 spiro atoms. The van der Waals surface area contributed by atoms with Gasteiger partial charge in [0.1, 0.15) is 45.0 Å². The molecule has 8 heterocycles. The summed E-state index contributed by atoms with van der Waals surface area (Å²) >= 11 is 0. The second-order valence-electron chi connectivity index (χ2n) is 39.5. The second-order valence-corrected chi connectivity index (χ2v) is 39.5. The normalized spacial score (nSPS) is 12.0. The molecule has 8 aromatic heterocycles. The van der Waals surface area contributed by atoms with Crippen LogP contribution in [0, 0.1) is 6.92 Å². The number of nitrogens with zero attached hydrogens (tertiary/aromatic N) is 6. The fourth-order valence-corrected chi connectivity index (χ4v) is 24.7. The first-order valence-electron chi connectivity index (χ1n) is 51.2. The van der Waals surface area contributed by atoms with Crippen LogP contribution in [-0.2, 0) is 0 Å². The van der Waals surface area contributed by atoms with E-state index in [2.05, 4.69) is 494 Å². The van der Waals surface area contributed by atoms with E-state index in [1.54, 1.807) is 0 Å². The maximum atomic E-state index is 6.51. The van der Waals surface area contributed by atoms with Crippen LogP contribution in [0.15, 0.2) is 505 Å². The minimum Gasteiger partial charge on any atom is -0.455 e. The Morgan fingerprint density at radius 3 is 0.980 bits per heavy atom. The highest BCUT2D eigenvalue weighted by Gasteiger charge is 2.27. The van der Waals surface area contributed by atoms with Crippen molar-refractivity contribution < 1.29 is 13.3 Å². The molecule has 0 aliphatic carbocycles. The zero-order chi connectivity index (χ0) is 98.4. The van der Waals surface area contributed by atoms with Gasteiger partial charge in [-0.1, -0.05) is 364 Å². The average Bonchev–Trinajstić information content (AvgIpc) is 1.58. The number of para-hydroxylation sites is 4. The Morgan fingerprint density at radius 1 is 0.193 bits per heavy atom. The number of aromatic nitrogens is 6. The fraction of sp³-hybridized carbons (Fsp3) is 0.00709. The van der Waals surface area contributed by atoms with Gasteiger partial charge in [0, 0.05) is 87.5 Å². The summed E-state index contributed by atoms with van der Waals surface area (Å²) in [6.45, 7) is 2.07. The van der Waals surface area contributed by atoms with Crippen molar-refractivity contribution in [2.24, 2.45) is 0 Å². The fourth-order valence-electron chi connectivity index (χ4n) is 24.7. The highest BCUT2D eigenvalue weighted by atomic mass is 16.3. The van der Waals surface area contributed by atoms with Crippen LogP contribution in [0.4, 0.5) is 0 Å². The summed E-state index contributed by atoms with van der Waals surface area (Å²) in [6.07, 6.45) is 1.84. The number of pyridine rings is 3. The maximum Gasteiger partial charge on any atom is 0.146 e. The average molecular weight is 1910 g/mol.